The van der Waals surface area contributed by atoms with E-state index in [4.69, 9.17) is 9.15 Å². The summed E-state index contributed by atoms with van der Waals surface area (Å²) in [5.74, 6) is 0.682. The van der Waals surface area contributed by atoms with E-state index in [9.17, 15) is 4.79 Å². The van der Waals surface area contributed by atoms with Gasteiger partial charge in [-0.15, -0.1) is 10.2 Å². The van der Waals surface area contributed by atoms with Crippen LogP contribution in [0.1, 0.15) is 17.9 Å². The van der Waals surface area contributed by atoms with Crippen molar-refractivity contribution in [3.8, 4) is 11.5 Å². The van der Waals surface area contributed by atoms with Crippen LogP contribution in [-0.2, 0) is 22.4 Å². The van der Waals surface area contributed by atoms with E-state index in [1.165, 1.54) is 0 Å². The van der Waals surface area contributed by atoms with Crippen LogP contribution in [0.25, 0.3) is 11.5 Å². The molecule has 0 atom stereocenters. The molecule has 5 nitrogen and oxygen atoms in total. The fourth-order valence-corrected chi connectivity index (χ4v) is 2.70. The third-order valence-electron chi connectivity index (χ3n) is 3.27. The third kappa shape index (κ3) is 4.50. The second-order valence-corrected chi connectivity index (χ2v) is 5.75. The number of nitrogens with zero attached hydrogens (tertiary/aromatic N) is 2. The monoisotopic (exact) mass is 328 g/mol. The normalized spacial score (nSPS) is 10.6. The first-order valence-electron chi connectivity index (χ1n) is 7.36. The molecule has 23 heavy (non-hydrogen) atoms. The largest absolute Gasteiger partial charge is 0.465 e. The van der Waals surface area contributed by atoms with Gasteiger partial charge in [-0.25, -0.2) is 0 Å². The molecule has 0 aliphatic rings. The lowest BCUT2D eigenvalue weighted by molar-refractivity contribution is -0.143. The predicted octanol–water partition coefficient (Wildman–Crippen LogP) is 3.52. The van der Waals surface area contributed by atoms with Gasteiger partial charge in [0.2, 0.25) is 11.8 Å². The van der Waals surface area contributed by atoms with E-state index in [2.05, 4.69) is 10.2 Å². The highest BCUT2D eigenvalue weighted by atomic mass is 32.1. The van der Waals surface area contributed by atoms with E-state index in [0.29, 0.717) is 24.8 Å². The SMILES string of the molecule is O=C(CCc1nnc(-c2ccsc2)o1)OCCc1ccccc1. The van der Waals surface area contributed by atoms with Gasteiger partial charge in [-0.05, 0) is 17.0 Å². The molecule has 2 aromatic heterocycles. The predicted molar refractivity (Wildman–Crippen MR) is 87.0 cm³/mol. The molecule has 0 amide bonds. The Balaban J connectivity index is 1.41. The third-order valence-corrected chi connectivity index (χ3v) is 3.96. The van der Waals surface area contributed by atoms with Crippen molar-refractivity contribution in [2.75, 3.05) is 6.61 Å². The minimum absolute atomic E-state index is 0.236. The molecule has 118 valence electrons. The standard InChI is InChI=1S/C17H16N2O3S/c20-16(21-10-8-13-4-2-1-3-5-13)7-6-15-18-19-17(22-15)14-9-11-23-12-14/h1-5,9,11-12H,6-8,10H2. The molecular weight excluding hydrogens is 312 g/mol. The van der Waals surface area contributed by atoms with Crippen LogP contribution in [0.3, 0.4) is 0 Å². The van der Waals surface area contributed by atoms with Crippen molar-refractivity contribution < 1.29 is 13.9 Å². The number of aromatic nitrogens is 2. The van der Waals surface area contributed by atoms with E-state index in [0.717, 1.165) is 17.5 Å². The van der Waals surface area contributed by atoms with Gasteiger partial charge in [0.05, 0.1) is 13.0 Å². The van der Waals surface area contributed by atoms with E-state index in [-0.39, 0.29) is 12.4 Å². The molecule has 3 rings (SSSR count). The maximum absolute atomic E-state index is 11.7. The molecule has 3 aromatic rings. The molecule has 0 saturated carbocycles. The molecule has 0 aliphatic carbocycles. The summed E-state index contributed by atoms with van der Waals surface area (Å²) in [5.41, 5.74) is 2.05. The Morgan fingerprint density at radius 1 is 1.13 bits per heavy atom. The molecule has 1 aromatic carbocycles. The average molecular weight is 328 g/mol. The number of aryl methyl sites for hydroxylation is 1. The van der Waals surface area contributed by atoms with E-state index < -0.39 is 0 Å². The Hall–Kier alpha value is -2.47. The van der Waals surface area contributed by atoms with Crippen molar-refractivity contribution in [2.45, 2.75) is 19.3 Å². The molecule has 2 heterocycles. The Morgan fingerprint density at radius 2 is 2.00 bits per heavy atom. The van der Waals surface area contributed by atoms with Gasteiger partial charge in [-0.2, -0.15) is 11.3 Å². The molecule has 6 heteroatoms. The van der Waals surface area contributed by atoms with Gasteiger partial charge in [-0.1, -0.05) is 30.3 Å². The van der Waals surface area contributed by atoms with Gasteiger partial charge in [0.15, 0.2) is 0 Å². The van der Waals surface area contributed by atoms with Gasteiger partial charge in [0.1, 0.15) is 0 Å². The van der Waals surface area contributed by atoms with Crippen molar-refractivity contribution in [3.63, 3.8) is 0 Å². The quantitative estimate of drug-likeness (QED) is 0.621. The van der Waals surface area contributed by atoms with Crippen molar-refractivity contribution in [3.05, 3.63) is 58.6 Å². The lowest BCUT2D eigenvalue weighted by Crippen LogP contribution is -2.08. The number of benzene rings is 1. The Bertz CT molecular complexity index is 738. The second kappa shape index (κ2) is 7.69. The summed E-state index contributed by atoms with van der Waals surface area (Å²) in [5, 5.41) is 11.8. The number of carbonyl (C=O) groups excluding carboxylic acids is 1. The lowest BCUT2D eigenvalue weighted by Gasteiger charge is -2.03. The summed E-state index contributed by atoms with van der Waals surface area (Å²) in [6, 6.07) is 11.8. The van der Waals surface area contributed by atoms with Crippen LogP contribution in [-0.4, -0.2) is 22.8 Å². The number of hydrogen-bond acceptors (Lipinski definition) is 6. The van der Waals surface area contributed by atoms with Crippen LogP contribution >= 0.6 is 11.3 Å². The Kier molecular flexibility index (Phi) is 5.16. The highest BCUT2D eigenvalue weighted by molar-refractivity contribution is 7.08. The highest BCUT2D eigenvalue weighted by Crippen LogP contribution is 2.20. The zero-order valence-corrected chi connectivity index (χ0v) is 13.3. The Labute approximate surface area is 137 Å². The Morgan fingerprint density at radius 3 is 2.78 bits per heavy atom. The molecule has 0 aliphatic heterocycles. The molecule has 0 fully saturated rings. The number of rotatable bonds is 7. The van der Waals surface area contributed by atoms with E-state index in [1.54, 1.807) is 11.3 Å². The zero-order valence-electron chi connectivity index (χ0n) is 12.5. The second-order valence-electron chi connectivity index (χ2n) is 4.97. The topological polar surface area (TPSA) is 65.2 Å². The van der Waals surface area contributed by atoms with Crippen molar-refractivity contribution in [1.82, 2.24) is 10.2 Å². The summed E-state index contributed by atoms with van der Waals surface area (Å²) < 4.78 is 10.7. The summed E-state index contributed by atoms with van der Waals surface area (Å²) in [4.78, 5) is 11.7. The van der Waals surface area contributed by atoms with E-state index in [1.807, 2.05) is 47.2 Å². The first kappa shape index (κ1) is 15.4. The van der Waals surface area contributed by atoms with Gasteiger partial charge in [0, 0.05) is 23.8 Å². The molecule has 0 saturated heterocycles. The molecule has 0 N–H and O–H groups in total. The van der Waals surface area contributed by atoms with Gasteiger partial charge < -0.3 is 9.15 Å². The number of esters is 1. The zero-order chi connectivity index (χ0) is 15.9. The van der Waals surface area contributed by atoms with Crippen LogP contribution < -0.4 is 0 Å². The number of carbonyl (C=O) groups is 1. The number of thiophene rings is 1. The van der Waals surface area contributed by atoms with Crippen molar-refractivity contribution >= 4 is 17.3 Å². The highest BCUT2D eigenvalue weighted by Gasteiger charge is 2.11. The average Bonchev–Trinajstić information content (AvgIpc) is 3.25. The van der Waals surface area contributed by atoms with E-state index >= 15 is 0 Å². The van der Waals surface area contributed by atoms with Crippen LogP contribution in [0.2, 0.25) is 0 Å². The minimum atomic E-state index is -0.254. The number of hydrogen-bond donors (Lipinski definition) is 0. The van der Waals surface area contributed by atoms with Gasteiger partial charge >= 0.3 is 5.97 Å². The molecule has 0 bridgehead atoms. The first-order valence-corrected chi connectivity index (χ1v) is 8.30. The van der Waals surface area contributed by atoms with Crippen molar-refractivity contribution in [2.24, 2.45) is 0 Å². The fourth-order valence-electron chi connectivity index (χ4n) is 2.07. The first-order chi connectivity index (χ1) is 11.3. The summed E-state index contributed by atoms with van der Waals surface area (Å²) in [6.45, 7) is 0.382. The summed E-state index contributed by atoms with van der Waals surface area (Å²) in [7, 11) is 0. The van der Waals surface area contributed by atoms with Crippen molar-refractivity contribution in [1.29, 1.82) is 0 Å². The van der Waals surface area contributed by atoms with Crippen LogP contribution in [0, 0.1) is 0 Å². The minimum Gasteiger partial charge on any atom is -0.465 e. The summed E-state index contributed by atoms with van der Waals surface area (Å²) >= 11 is 1.57. The maximum atomic E-state index is 11.7. The fraction of sp³-hybridized carbons (Fsp3) is 0.235. The molecule has 0 unspecified atom stereocenters. The smallest absolute Gasteiger partial charge is 0.306 e. The molecular formula is C17H16N2O3S. The van der Waals surface area contributed by atoms with Crippen LogP contribution in [0.5, 0.6) is 0 Å². The van der Waals surface area contributed by atoms with Crippen LogP contribution in [0.4, 0.5) is 0 Å². The summed E-state index contributed by atoms with van der Waals surface area (Å²) in [6.07, 6.45) is 1.34. The van der Waals surface area contributed by atoms with Crippen LogP contribution in [0.15, 0.2) is 51.6 Å². The molecule has 0 spiro atoms. The molecule has 0 radical (unpaired) electrons. The lowest BCUT2D eigenvalue weighted by atomic mass is 10.2. The van der Waals surface area contributed by atoms with Gasteiger partial charge in [0.25, 0.3) is 0 Å². The maximum Gasteiger partial charge on any atom is 0.306 e. The van der Waals surface area contributed by atoms with Gasteiger partial charge in [-0.3, -0.25) is 4.79 Å². The number of ether oxygens (including phenoxy) is 1.